The van der Waals surface area contributed by atoms with Gasteiger partial charge in [0.1, 0.15) is 0 Å². The maximum atomic E-state index is 13.3. The van der Waals surface area contributed by atoms with Crippen LogP contribution in [0.15, 0.2) is 18.2 Å². The molecule has 4 nitrogen and oxygen atoms in total. The van der Waals surface area contributed by atoms with E-state index in [2.05, 4.69) is 12.2 Å². The normalized spacial score (nSPS) is 10.6. The minimum absolute atomic E-state index is 0.474. The molecule has 1 rings (SSSR count). The number of hydrogen-bond donors (Lipinski definition) is 1. The Hall–Kier alpha value is -1.14. The van der Waals surface area contributed by atoms with Gasteiger partial charge in [0.15, 0.2) is 0 Å². The van der Waals surface area contributed by atoms with Crippen LogP contribution < -0.4 is 5.32 Å². The average Bonchev–Trinajstić information content (AvgIpc) is 2.33. The highest BCUT2D eigenvalue weighted by Crippen LogP contribution is 2.17. The van der Waals surface area contributed by atoms with Crippen LogP contribution in [0.2, 0.25) is 0 Å². The van der Waals surface area contributed by atoms with E-state index in [4.69, 9.17) is 0 Å². The van der Waals surface area contributed by atoms with Gasteiger partial charge in [-0.1, -0.05) is 13.0 Å². The second kappa shape index (κ2) is 8.05. The molecule has 0 saturated carbocycles. The third-order valence-electron chi connectivity index (χ3n) is 2.38. The number of nitrogens with zero attached hydrogens (tertiary/aromatic N) is 1. The van der Waals surface area contributed by atoms with Gasteiger partial charge < -0.3 is 5.32 Å². The third-order valence-corrected chi connectivity index (χ3v) is 3.37. The molecule has 1 aromatic rings. The fourth-order valence-electron chi connectivity index (χ4n) is 1.48. The Labute approximate surface area is 110 Å². The lowest BCUT2D eigenvalue weighted by Gasteiger charge is -2.05. The van der Waals surface area contributed by atoms with Crippen LogP contribution in [0.5, 0.6) is 0 Å². The Morgan fingerprint density at radius 2 is 2.28 bits per heavy atom. The summed E-state index contributed by atoms with van der Waals surface area (Å²) in [6.07, 6.45) is 1.06. The largest absolute Gasteiger partial charge is 0.313 e. The van der Waals surface area contributed by atoms with E-state index in [0.29, 0.717) is 6.54 Å². The van der Waals surface area contributed by atoms with Gasteiger partial charge in [0.25, 0.3) is 0 Å². The van der Waals surface area contributed by atoms with Gasteiger partial charge in [0.2, 0.25) is 5.82 Å². The SMILES string of the molecule is CCSCCCNCc1ccc([N+](=O)[O-])c(F)c1. The molecule has 0 aliphatic carbocycles. The monoisotopic (exact) mass is 272 g/mol. The number of benzene rings is 1. The molecule has 0 bridgehead atoms. The maximum absolute atomic E-state index is 13.3. The van der Waals surface area contributed by atoms with E-state index in [1.807, 2.05) is 11.8 Å². The lowest BCUT2D eigenvalue weighted by Crippen LogP contribution is -2.15. The first-order valence-electron chi connectivity index (χ1n) is 5.86. The van der Waals surface area contributed by atoms with E-state index < -0.39 is 16.4 Å². The Morgan fingerprint density at radius 3 is 2.89 bits per heavy atom. The lowest BCUT2D eigenvalue weighted by atomic mass is 10.2. The van der Waals surface area contributed by atoms with Gasteiger partial charge in [-0.05, 0) is 36.1 Å². The first-order valence-corrected chi connectivity index (χ1v) is 7.02. The molecule has 0 atom stereocenters. The van der Waals surface area contributed by atoms with Crippen molar-refractivity contribution < 1.29 is 9.31 Å². The predicted octanol–water partition coefficient (Wildman–Crippen LogP) is 2.97. The highest BCUT2D eigenvalue weighted by Gasteiger charge is 2.13. The van der Waals surface area contributed by atoms with Crippen molar-refractivity contribution >= 4 is 17.4 Å². The van der Waals surface area contributed by atoms with Crippen molar-refractivity contribution in [2.45, 2.75) is 19.9 Å². The maximum Gasteiger partial charge on any atom is 0.304 e. The zero-order valence-corrected chi connectivity index (χ0v) is 11.1. The molecule has 0 aromatic heterocycles. The summed E-state index contributed by atoms with van der Waals surface area (Å²) >= 11 is 1.89. The van der Waals surface area contributed by atoms with Gasteiger partial charge in [-0.2, -0.15) is 16.2 Å². The average molecular weight is 272 g/mol. The van der Waals surface area contributed by atoms with Crippen LogP contribution in [0.1, 0.15) is 18.9 Å². The quantitative estimate of drug-likeness (QED) is 0.449. The van der Waals surface area contributed by atoms with Crippen LogP contribution >= 0.6 is 11.8 Å². The zero-order chi connectivity index (χ0) is 13.4. The minimum Gasteiger partial charge on any atom is -0.313 e. The van der Waals surface area contributed by atoms with E-state index in [1.54, 1.807) is 6.07 Å². The molecule has 0 unspecified atom stereocenters. The number of nitro groups is 1. The first kappa shape index (κ1) is 14.9. The highest BCUT2D eigenvalue weighted by atomic mass is 32.2. The van der Waals surface area contributed by atoms with Gasteiger partial charge in [-0.15, -0.1) is 0 Å². The van der Waals surface area contributed by atoms with Crippen LogP contribution in [-0.2, 0) is 6.54 Å². The van der Waals surface area contributed by atoms with E-state index >= 15 is 0 Å². The smallest absolute Gasteiger partial charge is 0.304 e. The van der Waals surface area contributed by atoms with Crippen LogP contribution in [-0.4, -0.2) is 23.0 Å². The van der Waals surface area contributed by atoms with E-state index in [-0.39, 0.29) is 0 Å². The molecule has 1 aromatic carbocycles. The minimum atomic E-state index is -0.777. The number of rotatable bonds is 8. The molecule has 0 saturated heterocycles. The lowest BCUT2D eigenvalue weighted by molar-refractivity contribution is -0.387. The molecule has 0 amide bonds. The summed E-state index contributed by atoms with van der Waals surface area (Å²) in [6.45, 7) is 3.52. The molecule has 0 aliphatic rings. The molecule has 0 heterocycles. The molecular formula is C12H17FN2O2S. The van der Waals surface area contributed by atoms with Crippen molar-refractivity contribution in [2.75, 3.05) is 18.1 Å². The summed E-state index contributed by atoms with van der Waals surface area (Å²) in [4.78, 5) is 9.73. The number of thioether (sulfide) groups is 1. The van der Waals surface area contributed by atoms with Crippen molar-refractivity contribution in [3.8, 4) is 0 Å². The van der Waals surface area contributed by atoms with Crippen molar-refractivity contribution in [1.29, 1.82) is 0 Å². The topological polar surface area (TPSA) is 55.2 Å². The molecule has 18 heavy (non-hydrogen) atoms. The number of halogens is 1. The summed E-state index contributed by atoms with van der Waals surface area (Å²) in [5.74, 6) is 1.45. The number of nitrogens with one attached hydrogen (secondary N) is 1. The summed E-state index contributed by atoms with van der Waals surface area (Å²) in [5, 5.41) is 13.6. The summed E-state index contributed by atoms with van der Waals surface area (Å²) in [7, 11) is 0. The van der Waals surface area contributed by atoms with Crippen LogP contribution in [0.3, 0.4) is 0 Å². The molecule has 0 radical (unpaired) electrons. The molecule has 100 valence electrons. The van der Waals surface area contributed by atoms with Gasteiger partial charge >= 0.3 is 5.69 Å². The Kier molecular flexibility index (Phi) is 6.67. The molecule has 0 aliphatic heterocycles. The Morgan fingerprint density at radius 1 is 1.50 bits per heavy atom. The van der Waals surface area contributed by atoms with Gasteiger partial charge in [0, 0.05) is 12.6 Å². The fraction of sp³-hybridized carbons (Fsp3) is 0.500. The Bertz CT molecular complexity index is 402. The van der Waals surface area contributed by atoms with E-state index in [9.17, 15) is 14.5 Å². The highest BCUT2D eigenvalue weighted by molar-refractivity contribution is 7.99. The number of hydrogen-bond acceptors (Lipinski definition) is 4. The Balaban J connectivity index is 2.35. The second-order valence-corrected chi connectivity index (χ2v) is 5.16. The molecule has 1 N–H and O–H groups in total. The van der Waals surface area contributed by atoms with Gasteiger partial charge in [-0.3, -0.25) is 10.1 Å². The molecular weight excluding hydrogens is 255 g/mol. The van der Waals surface area contributed by atoms with Crippen LogP contribution in [0.4, 0.5) is 10.1 Å². The number of nitro benzene ring substituents is 1. The van der Waals surface area contributed by atoms with Crippen molar-refractivity contribution in [1.82, 2.24) is 5.32 Å². The van der Waals surface area contributed by atoms with E-state index in [1.165, 1.54) is 12.1 Å². The van der Waals surface area contributed by atoms with Crippen LogP contribution in [0.25, 0.3) is 0 Å². The standard InChI is InChI=1S/C12H17FN2O2S/c1-2-18-7-3-6-14-9-10-4-5-12(15(16)17)11(13)8-10/h4-5,8,14H,2-3,6-7,9H2,1H3. The summed E-state index contributed by atoms with van der Waals surface area (Å²) in [5.41, 5.74) is 0.249. The molecule has 0 fully saturated rings. The second-order valence-electron chi connectivity index (χ2n) is 3.77. The van der Waals surface area contributed by atoms with Gasteiger partial charge in [0.05, 0.1) is 4.92 Å². The van der Waals surface area contributed by atoms with Gasteiger partial charge in [-0.25, -0.2) is 0 Å². The summed E-state index contributed by atoms with van der Waals surface area (Å²) < 4.78 is 13.3. The van der Waals surface area contributed by atoms with Crippen molar-refractivity contribution in [2.24, 2.45) is 0 Å². The predicted molar refractivity (Wildman–Crippen MR) is 72.4 cm³/mol. The summed E-state index contributed by atoms with van der Waals surface area (Å²) in [6, 6.07) is 4.00. The van der Waals surface area contributed by atoms with E-state index in [0.717, 1.165) is 30.0 Å². The van der Waals surface area contributed by atoms with Crippen molar-refractivity contribution in [3.63, 3.8) is 0 Å². The van der Waals surface area contributed by atoms with Crippen molar-refractivity contribution in [3.05, 3.63) is 39.7 Å². The van der Waals surface area contributed by atoms with Crippen LogP contribution in [0, 0.1) is 15.9 Å². The zero-order valence-electron chi connectivity index (χ0n) is 10.3. The third kappa shape index (κ3) is 5.01. The molecule has 0 spiro atoms. The fourth-order valence-corrected chi connectivity index (χ4v) is 2.12. The first-order chi connectivity index (χ1) is 8.65. The molecule has 6 heteroatoms.